The van der Waals surface area contributed by atoms with Crippen molar-refractivity contribution in [3.63, 3.8) is 0 Å². The Balaban J connectivity index is 1.71. The molecule has 0 saturated carbocycles. The molecule has 0 aliphatic rings. The Morgan fingerprint density at radius 2 is 1.70 bits per heavy atom. The summed E-state index contributed by atoms with van der Waals surface area (Å²) in [5, 5.41) is 22.3. The summed E-state index contributed by atoms with van der Waals surface area (Å²) in [5.74, 6) is -1.51. The molecule has 204 valence electrons. The van der Waals surface area contributed by atoms with Crippen LogP contribution in [-0.4, -0.2) is 34.6 Å². The molecule has 0 spiro atoms. The second kappa shape index (κ2) is 12.9. The highest BCUT2D eigenvalue weighted by Crippen LogP contribution is 2.38. The van der Waals surface area contributed by atoms with E-state index in [4.69, 9.17) is 11.6 Å². The number of azo groups is 1. The minimum Gasteiger partial charge on any atom is -0.493 e. The van der Waals surface area contributed by atoms with Crippen molar-refractivity contribution < 1.29 is 14.7 Å². The Morgan fingerprint density at radius 3 is 2.38 bits per heavy atom. The van der Waals surface area contributed by atoms with Crippen LogP contribution < -0.4 is 10.2 Å². The zero-order valence-electron chi connectivity index (χ0n) is 22.3. The topological polar surface area (TPSA) is 99.3 Å². The number of allylic oxidation sites excluding steroid dienone is 1. The lowest BCUT2D eigenvalue weighted by atomic mass is 10.1. The first-order valence-electron chi connectivity index (χ1n) is 12.9. The summed E-state index contributed by atoms with van der Waals surface area (Å²) in [6, 6.07) is 21.4. The molecule has 0 bridgehead atoms. The molecule has 0 radical (unpaired) electrons. The van der Waals surface area contributed by atoms with E-state index in [1.165, 1.54) is 6.08 Å². The first-order chi connectivity index (χ1) is 19.4. The molecule has 0 aliphatic heterocycles. The molecule has 4 rings (SSSR count). The van der Waals surface area contributed by atoms with E-state index < -0.39 is 11.8 Å². The summed E-state index contributed by atoms with van der Waals surface area (Å²) in [6.07, 6.45) is 3.18. The van der Waals surface area contributed by atoms with Gasteiger partial charge in [0.15, 0.2) is 5.69 Å². The van der Waals surface area contributed by atoms with Crippen LogP contribution in [-0.2, 0) is 11.3 Å². The summed E-state index contributed by atoms with van der Waals surface area (Å²) in [6.45, 7) is 9.96. The zero-order valence-corrected chi connectivity index (χ0v) is 23.1. The Morgan fingerprint density at radius 1 is 1.02 bits per heavy atom. The van der Waals surface area contributed by atoms with Crippen LogP contribution in [0.2, 0.25) is 5.02 Å². The third-order valence-electron chi connectivity index (χ3n) is 6.40. The van der Waals surface area contributed by atoms with Crippen molar-refractivity contribution in [3.05, 3.63) is 107 Å². The van der Waals surface area contributed by atoms with Gasteiger partial charge in [-0.3, -0.25) is 9.59 Å². The number of fused-ring (bicyclic) bond motifs is 1. The van der Waals surface area contributed by atoms with Crippen LogP contribution in [0.4, 0.5) is 11.4 Å². The number of halogens is 1. The third-order valence-corrected chi connectivity index (χ3v) is 6.73. The first kappa shape index (κ1) is 28.3. The van der Waals surface area contributed by atoms with Gasteiger partial charge in [0.2, 0.25) is 5.88 Å². The van der Waals surface area contributed by atoms with Crippen LogP contribution in [0.5, 0.6) is 5.88 Å². The Hall–Kier alpha value is -4.69. The van der Waals surface area contributed by atoms with Gasteiger partial charge >= 0.3 is 5.91 Å². The Bertz CT molecular complexity index is 1600. The second-order valence-corrected chi connectivity index (χ2v) is 9.26. The van der Waals surface area contributed by atoms with Crippen LogP contribution in [0.25, 0.3) is 17.0 Å². The van der Waals surface area contributed by atoms with Gasteiger partial charge in [0.1, 0.15) is 5.70 Å². The van der Waals surface area contributed by atoms with Gasteiger partial charge in [0, 0.05) is 30.7 Å². The molecule has 2 amide bonds. The minimum absolute atomic E-state index is 0.0985. The summed E-state index contributed by atoms with van der Waals surface area (Å²) in [4.78, 5) is 28.6. The van der Waals surface area contributed by atoms with Crippen molar-refractivity contribution in [2.45, 2.75) is 20.4 Å². The number of carbonyl (C=O) groups is 2. The number of aromatic nitrogens is 1. The standard InChI is InChI=1S/C31H30ClN5O3/c1-4-19-37-27-14-10-8-12-24(27)28(31(37)40)34-35-30(39)26(33-29(38)23-11-7-9-13-25(23)32)20-21-15-17-22(18-16-21)36(5-2)6-3/h4,7-18,20,40H,1,5-6,19H2,2-3H3,(H,33,38)/b26-20+,35-34?. The van der Waals surface area contributed by atoms with Gasteiger partial charge in [-0.1, -0.05) is 60.1 Å². The lowest BCUT2D eigenvalue weighted by Gasteiger charge is -2.20. The van der Waals surface area contributed by atoms with Gasteiger partial charge in [-0.25, -0.2) is 0 Å². The maximum absolute atomic E-state index is 13.3. The highest BCUT2D eigenvalue weighted by atomic mass is 35.5. The number of nitrogens with one attached hydrogen (secondary N) is 1. The fourth-order valence-corrected chi connectivity index (χ4v) is 4.58. The van der Waals surface area contributed by atoms with Crippen molar-refractivity contribution in [1.29, 1.82) is 0 Å². The average molecular weight is 556 g/mol. The van der Waals surface area contributed by atoms with E-state index in [-0.39, 0.29) is 27.9 Å². The third kappa shape index (κ3) is 6.13. The number of anilines is 1. The number of rotatable bonds is 10. The van der Waals surface area contributed by atoms with Gasteiger partial charge in [0.05, 0.1) is 16.1 Å². The number of para-hydroxylation sites is 1. The van der Waals surface area contributed by atoms with Crippen molar-refractivity contribution in [2.75, 3.05) is 18.0 Å². The molecule has 0 unspecified atom stereocenters. The average Bonchev–Trinajstić information content (AvgIpc) is 3.23. The van der Waals surface area contributed by atoms with Gasteiger partial charge in [0.25, 0.3) is 5.91 Å². The van der Waals surface area contributed by atoms with Crippen LogP contribution in [0, 0.1) is 0 Å². The summed E-state index contributed by atoms with van der Waals surface area (Å²) in [5.41, 5.74) is 2.70. The SMILES string of the molecule is C=CCn1c(O)c(N=NC(=O)/C(=C\c2ccc(N(CC)CC)cc2)NC(=O)c2ccccc2Cl)c2ccccc21. The van der Waals surface area contributed by atoms with Gasteiger partial charge < -0.3 is 19.9 Å². The van der Waals surface area contributed by atoms with Gasteiger partial charge in [-0.05, 0) is 55.8 Å². The van der Waals surface area contributed by atoms with Crippen molar-refractivity contribution in [3.8, 4) is 5.88 Å². The van der Waals surface area contributed by atoms with Crippen LogP contribution in [0.1, 0.15) is 29.8 Å². The van der Waals surface area contributed by atoms with Crippen molar-refractivity contribution in [2.24, 2.45) is 10.2 Å². The highest BCUT2D eigenvalue weighted by molar-refractivity contribution is 6.34. The van der Waals surface area contributed by atoms with Gasteiger partial charge in [-0.15, -0.1) is 16.8 Å². The molecule has 0 atom stereocenters. The van der Waals surface area contributed by atoms with E-state index in [0.29, 0.717) is 17.5 Å². The molecule has 40 heavy (non-hydrogen) atoms. The molecular formula is C31H30ClN5O3. The van der Waals surface area contributed by atoms with E-state index in [0.717, 1.165) is 24.3 Å². The van der Waals surface area contributed by atoms with E-state index in [1.807, 2.05) is 36.4 Å². The first-order valence-corrected chi connectivity index (χ1v) is 13.2. The Labute approximate surface area is 237 Å². The number of amides is 2. The van der Waals surface area contributed by atoms with Crippen molar-refractivity contribution in [1.82, 2.24) is 9.88 Å². The van der Waals surface area contributed by atoms with Crippen molar-refractivity contribution >= 4 is 51.8 Å². The molecular weight excluding hydrogens is 526 g/mol. The quantitative estimate of drug-likeness (QED) is 0.124. The normalized spacial score (nSPS) is 11.6. The van der Waals surface area contributed by atoms with Crippen LogP contribution in [0.3, 0.4) is 0 Å². The fourth-order valence-electron chi connectivity index (χ4n) is 4.36. The molecule has 8 nitrogen and oxygen atoms in total. The largest absolute Gasteiger partial charge is 0.493 e. The van der Waals surface area contributed by atoms with E-state index in [9.17, 15) is 14.7 Å². The van der Waals surface area contributed by atoms with E-state index in [1.54, 1.807) is 47.0 Å². The predicted octanol–water partition coefficient (Wildman–Crippen LogP) is 7.11. The van der Waals surface area contributed by atoms with E-state index in [2.05, 4.69) is 40.9 Å². The number of benzene rings is 3. The second-order valence-electron chi connectivity index (χ2n) is 8.85. The van der Waals surface area contributed by atoms with Crippen LogP contribution in [0.15, 0.2) is 101 Å². The highest BCUT2D eigenvalue weighted by Gasteiger charge is 2.19. The fraction of sp³-hybridized carbons (Fsp3) is 0.161. The minimum atomic E-state index is -0.798. The number of carbonyl (C=O) groups excluding carboxylic acids is 2. The van der Waals surface area contributed by atoms with Crippen LogP contribution >= 0.6 is 11.6 Å². The number of aromatic hydroxyl groups is 1. The zero-order chi connectivity index (χ0) is 28.6. The molecule has 4 aromatic rings. The lowest BCUT2D eigenvalue weighted by molar-refractivity contribution is -0.115. The summed E-state index contributed by atoms with van der Waals surface area (Å²) in [7, 11) is 0. The Kier molecular flexibility index (Phi) is 9.14. The smallest absolute Gasteiger partial charge is 0.311 e. The number of nitrogens with zero attached hydrogens (tertiary/aromatic N) is 4. The number of hydrogen-bond donors (Lipinski definition) is 2. The molecule has 3 aromatic carbocycles. The summed E-state index contributed by atoms with van der Waals surface area (Å²) >= 11 is 6.21. The molecule has 1 heterocycles. The molecule has 0 saturated heterocycles. The lowest BCUT2D eigenvalue weighted by Crippen LogP contribution is -2.26. The molecule has 1 aromatic heterocycles. The molecule has 0 fully saturated rings. The maximum Gasteiger partial charge on any atom is 0.311 e. The van der Waals surface area contributed by atoms with E-state index >= 15 is 0 Å². The van der Waals surface area contributed by atoms with Gasteiger partial charge in [-0.2, -0.15) is 0 Å². The molecule has 9 heteroatoms. The monoisotopic (exact) mass is 555 g/mol. The summed E-state index contributed by atoms with van der Waals surface area (Å²) < 4.78 is 1.62. The molecule has 0 aliphatic carbocycles. The predicted molar refractivity (Wildman–Crippen MR) is 160 cm³/mol. The number of hydrogen-bond acceptors (Lipinski definition) is 5. The maximum atomic E-state index is 13.3. The molecule has 2 N–H and O–H groups in total.